The highest BCUT2D eigenvalue weighted by molar-refractivity contribution is 7.92. The van der Waals surface area contributed by atoms with Gasteiger partial charge in [-0.15, -0.1) is 0 Å². The number of methoxy groups -OCH3 is 1. The number of hydrogen-bond acceptors (Lipinski definition) is 5. The van der Waals surface area contributed by atoms with Crippen LogP contribution in [0.25, 0.3) is 0 Å². The molecule has 204 valence electrons. The van der Waals surface area contributed by atoms with Crippen LogP contribution in [-0.2, 0) is 26.2 Å². The second-order valence-corrected chi connectivity index (χ2v) is 11.4. The van der Waals surface area contributed by atoms with Gasteiger partial charge in [0.15, 0.2) is 0 Å². The van der Waals surface area contributed by atoms with Crippen molar-refractivity contribution in [3.05, 3.63) is 59.2 Å². The minimum absolute atomic E-state index is 0.00576. The predicted molar refractivity (Wildman–Crippen MR) is 148 cm³/mol. The smallest absolute Gasteiger partial charge is 0.242 e. The maximum absolute atomic E-state index is 13.4. The van der Waals surface area contributed by atoms with Gasteiger partial charge in [0.1, 0.15) is 11.8 Å². The standard InChI is InChI=1S/C28H41N3O5S/c1-8-21(3)29-28(33)23(5)30(19-24-14-16-25(36-6)17-15-24)27(32)13-10-18-31(37(7,34)35)26-12-9-11-20(2)22(26)4/h9,11-12,14-17,21,23H,8,10,13,18-19H2,1-7H3,(H,29,33)/t21-,23-/m1/s1. The fourth-order valence-electron chi connectivity index (χ4n) is 3.96. The average molecular weight is 532 g/mol. The molecule has 2 rings (SSSR count). The zero-order valence-corrected chi connectivity index (χ0v) is 23.9. The zero-order chi connectivity index (χ0) is 27.8. The summed E-state index contributed by atoms with van der Waals surface area (Å²) in [6.45, 7) is 9.88. The Balaban J connectivity index is 2.21. The Hall–Kier alpha value is -3.07. The maximum atomic E-state index is 13.4. The van der Waals surface area contributed by atoms with Crippen molar-refractivity contribution in [3.63, 3.8) is 0 Å². The molecule has 9 heteroatoms. The van der Waals surface area contributed by atoms with Gasteiger partial charge in [-0.2, -0.15) is 0 Å². The van der Waals surface area contributed by atoms with Crippen molar-refractivity contribution in [2.24, 2.45) is 0 Å². The molecule has 2 aromatic rings. The van der Waals surface area contributed by atoms with Crippen molar-refractivity contribution in [1.29, 1.82) is 0 Å². The number of carbonyl (C=O) groups excluding carboxylic acids is 2. The maximum Gasteiger partial charge on any atom is 0.242 e. The lowest BCUT2D eigenvalue weighted by molar-refractivity contribution is -0.140. The van der Waals surface area contributed by atoms with Gasteiger partial charge in [0.25, 0.3) is 0 Å². The van der Waals surface area contributed by atoms with Gasteiger partial charge in [-0.25, -0.2) is 8.42 Å². The quantitative estimate of drug-likeness (QED) is 0.418. The predicted octanol–water partition coefficient (Wildman–Crippen LogP) is 4.19. The van der Waals surface area contributed by atoms with E-state index in [4.69, 9.17) is 4.74 Å². The molecule has 0 radical (unpaired) electrons. The van der Waals surface area contributed by atoms with Crippen LogP contribution in [-0.4, -0.2) is 57.1 Å². The monoisotopic (exact) mass is 531 g/mol. The molecule has 0 aliphatic carbocycles. The molecule has 0 fully saturated rings. The van der Waals surface area contributed by atoms with E-state index < -0.39 is 16.1 Å². The number of hydrogen-bond donors (Lipinski definition) is 1. The third-order valence-corrected chi connectivity index (χ3v) is 7.86. The van der Waals surface area contributed by atoms with E-state index in [0.717, 1.165) is 23.1 Å². The number of anilines is 1. The zero-order valence-electron chi connectivity index (χ0n) is 23.1. The van der Waals surface area contributed by atoms with Gasteiger partial charge in [0, 0.05) is 25.6 Å². The number of amides is 2. The summed E-state index contributed by atoms with van der Waals surface area (Å²) in [6.07, 6.45) is 2.38. The van der Waals surface area contributed by atoms with Crippen LogP contribution in [0.4, 0.5) is 5.69 Å². The fourth-order valence-corrected chi connectivity index (χ4v) is 4.98. The van der Waals surface area contributed by atoms with Crippen LogP contribution < -0.4 is 14.4 Å². The van der Waals surface area contributed by atoms with Crippen LogP contribution in [0.5, 0.6) is 5.75 Å². The summed E-state index contributed by atoms with van der Waals surface area (Å²) in [5.41, 5.74) is 3.36. The summed E-state index contributed by atoms with van der Waals surface area (Å²) in [4.78, 5) is 27.9. The number of rotatable bonds is 13. The van der Waals surface area contributed by atoms with Gasteiger partial charge >= 0.3 is 0 Å². The number of nitrogens with zero attached hydrogens (tertiary/aromatic N) is 2. The van der Waals surface area contributed by atoms with Gasteiger partial charge < -0.3 is 15.0 Å². The topological polar surface area (TPSA) is 96.0 Å². The summed E-state index contributed by atoms with van der Waals surface area (Å²) in [7, 11) is -1.96. The molecule has 0 aliphatic heterocycles. The van der Waals surface area contributed by atoms with Crippen LogP contribution in [0, 0.1) is 13.8 Å². The number of sulfonamides is 1. The van der Waals surface area contributed by atoms with Gasteiger partial charge in [0.05, 0.1) is 19.1 Å². The number of nitrogens with one attached hydrogen (secondary N) is 1. The highest BCUT2D eigenvalue weighted by atomic mass is 32.2. The summed E-state index contributed by atoms with van der Waals surface area (Å²) >= 11 is 0. The minimum atomic E-state index is -3.54. The number of aryl methyl sites for hydroxylation is 1. The van der Waals surface area contributed by atoms with Gasteiger partial charge in [0.2, 0.25) is 21.8 Å². The van der Waals surface area contributed by atoms with Gasteiger partial charge in [-0.05, 0) is 75.4 Å². The molecular weight excluding hydrogens is 490 g/mol. The first-order valence-corrected chi connectivity index (χ1v) is 14.5. The highest BCUT2D eigenvalue weighted by Crippen LogP contribution is 2.25. The molecule has 0 aliphatic rings. The molecule has 0 spiro atoms. The molecular formula is C28H41N3O5S. The summed E-state index contributed by atoms with van der Waals surface area (Å²) in [6, 6.07) is 12.2. The van der Waals surface area contributed by atoms with E-state index in [9.17, 15) is 18.0 Å². The number of carbonyl (C=O) groups is 2. The number of benzene rings is 2. The van der Waals surface area contributed by atoms with E-state index in [1.165, 1.54) is 10.6 Å². The first kappa shape index (κ1) is 30.2. The minimum Gasteiger partial charge on any atom is -0.497 e. The van der Waals surface area contributed by atoms with Crippen molar-refractivity contribution in [2.75, 3.05) is 24.2 Å². The molecule has 2 amide bonds. The van der Waals surface area contributed by atoms with Crippen LogP contribution in [0.2, 0.25) is 0 Å². The lowest BCUT2D eigenvalue weighted by Gasteiger charge is -2.30. The largest absolute Gasteiger partial charge is 0.497 e. The molecule has 0 unspecified atom stereocenters. The molecule has 1 N–H and O–H groups in total. The van der Waals surface area contributed by atoms with E-state index in [2.05, 4.69) is 5.32 Å². The van der Waals surface area contributed by atoms with E-state index in [-0.39, 0.29) is 37.4 Å². The first-order chi connectivity index (χ1) is 17.4. The van der Waals surface area contributed by atoms with Gasteiger partial charge in [-0.1, -0.05) is 31.2 Å². The summed E-state index contributed by atoms with van der Waals surface area (Å²) in [5, 5.41) is 2.96. The van der Waals surface area contributed by atoms with Crippen LogP contribution in [0.3, 0.4) is 0 Å². The summed E-state index contributed by atoms with van der Waals surface area (Å²) < 4.78 is 31.8. The molecule has 0 saturated heterocycles. The lowest BCUT2D eigenvalue weighted by atomic mass is 10.1. The highest BCUT2D eigenvalue weighted by Gasteiger charge is 2.27. The Morgan fingerprint density at radius 2 is 1.70 bits per heavy atom. The van der Waals surface area contributed by atoms with Crippen molar-refractivity contribution >= 4 is 27.5 Å². The average Bonchev–Trinajstić information content (AvgIpc) is 2.86. The Bertz CT molecular complexity index is 1160. The molecule has 0 heterocycles. The van der Waals surface area contributed by atoms with Crippen molar-refractivity contribution in [2.45, 2.75) is 72.5 Å². The molecule has 0 aromatic heterocycles. The second kappa shape index (κ2) is 13.5. The van der Waals surface area contributed by atoms with E-state index in [0.29, 0.717) is 17.9 Å². The second-order valence-electron chi connectivity index (χ2n) is 9.52. The Kier molecular flexibility index (Phi) is 11.0. The Morgan fingerprint density at radius 3 is 2.27 bits per heavy atom. The third-order valence-electron chi connectivity index (χ3n) is 6.68. The molecule has 37 heavy (non-hydrogen) atoms. The van der Waals surface area contributed by atoms with Crippen LogP contribution >= 0.6 is 0 Å². The van der Waals surface area contributed by atoms with E-state index in [1.54, 1.807) is 25.0 Å². The SMILES string of the molecule is CC[C@@H](C)NC(=O)[C@@H](C)N(Cc1ccc(OC)cc1)C(=O)CCCN(c1cccc(C)c1C)S(C)(=O)=O. The van der Waals surface area contributed by atoms with Crippen LogP contribution in [0.15, 0.2) is 42.5 Å². The molecule has 2 aromatic carbocycles. The molecule has 2 atom stereocenters. The Morgan fingerprint density at radius 1 is 1.05 bits per heavy atom. The summed E-state index contributed by atoms with van der Waals surface area (Å²) in [5.74, 6) is 0.276. The number of ether oxygens (including phenoxy) is 1. The van der Waals surface area contributed by atoms with E-state index >= 15 is 0 Å². The van der Waals surface area contributed by atoms with Crippen molar-refractivity contribution in [3.8, 4) is 5.75 Å². The molecule has 0 bridgehead atoms. The third kappa shape index (κ3) is 8.49. The molecule has 8 nitrogen and oxygen atoms in total. The lowest BCUT2D eigenvalue weighted by Crippen LogP contribution is -2.49. The normalized spacial score (nSPS) is 12.9. The van der Waals surface area contributed by atoms with Crippen molar-refractivity contribution in [1.82, 2.24) is 10.2 Å². The van der Waals surface area contributed by atoms with E-state index in [1.807, 2.05) is 64.1 Å². The Labute approximate surface area is 222 Å². The fraction of sp³-hybridized carbons (Fsp3) is 0.500. The van der Waals surface area contributed by atoms with Crippen LogP contribution in [0.1, 0.15) is 56.7 Å². The first-order valence-electron chi connectivity index (χ1n) is 12.7. The van der Waals surface area contributed by atoms with Gasteiger partial charge in [-0.3, -0.25) is 13.9 Å². The van der Waals surface area contributed by atoms with Crippen molar-refractivity contribution < 1.29 is 22.7 Å². The molecule has 0 saturated carbocycles.